The summed E-state index contributed by atoms with van der Waals surface area (Å²) in [5, 5.41) is 19.1. The van der Waals surface area contributed by atoms with Gasteiger partial charge in [-0.25, -0.2) is 0 Å². The summed E-state index contributed by atoms with van der Waals surface area (Å²) in [5.41, 5.74) is 2.90. The first kappa shape index (κ1) is 24.9. The van der Waals surface area contributed by atoms with Gasteiger partial charge in [0.2, 0.25) is 0 Å². The molecule has 0 spiro atoms. The molecule has 1 N–H and O–H groups in total. The fraction of sp³-hybridized carbons (Fsp3) is 0.448. The van der Waals surface area contributed by atoms with Gasteiger partial charge in [-0.3, -0.25) is 14.3 Å². The summed E-state index contributed by atoms with van der Waals surface area (Å²) in [6.45, 7) is 5.23. The van der Waals surface area contributed by atoms with E-state index in [4.69, 9.17) is 11.6 Å². The molecule has 0 amide bonds. The Kier molecular flexibility index (Phi) is 6.37. The molecule has 1 saturated carbocycles. The highest BCUT2D eigenvalue weighted by Gasteiger charge is 2.49. The van der Waals surface area contributed by atoms with Crippen LogP contribution in [0.25, 0.3) is 16.6 Å². The molecular weight excluding hydrogens is 498 g/mol. The first-order valence-electron chi connectivity index (χ1n) is 13.4. The molecule has 2 aliphatic rings. The van der Waals surface area contributed by atoms with Crippen LogP contribution in [0.4, 0.5) is 0 Å². The van der Waals surface area contributed by atoms with Gasteiger partial charge in [-0.2, -0.15) is 5.26 Å². The zero-order valence-corrected chi connectivity index (χ0v) is 22.6. The minimum atomic E-state index is -0.342. The number of hydrogen-bond acceptors (Lipinski definition) is 5. The minimum absolute atomic E-state index is 0.122. The Balaban J connectivity index is 1.37. The topological polar surface area (TPSA) is 95.5 Å². The van der Waals surface area contributed by atoms with Gasteiger partial charge in [0.25, 0.3) is 5.56 Å². The van der Waals surface area contributed by atoms with E-state index in [1.165, 1.54) is 12.8 Å². The molecule has 1 aromatic carbocycles. The highest BCUT2D eigenvalue weighted by atomic mass is 35.5. The standard InChI is InChI=1S/C29H32ClN7O/c1-19-5-4-10-36(15-19)16-22-12-24-25(30)17-37(27(38)26(24)33-22)23-7-3-6-21(11-23)29(13-20(14-29)8-9-31)28-34-32-18-35(28)2/h3,6-7,11-12,17-20,33H,4-5,8,10,13-16H2,1-2H3/t19-,20?,29?/m0/s1. The van der Waals surface area contributed by atoms with Crippen molar-refractivity contribution in [3.05, 3.63) is 75.3 Å². The predicted molar refractivity (Wildman–Crippen MR) is 147 cm³/mol. The molecule has 6 rings (SSSR count). The third kappa shape index (κ3) is 4.24. The predicted octanol–water partition coefficient (Wildman–Crippen LogP) is 4.94. The van der Waals surface area contributed by atoms with Crippen molar-refractivity contribution in [3.63, 3.8) is 0 Å². The molecule has 0 bridgehead atoms. The van der Waals surface area contributed by atoms with E-state index in [0.717, 1.165) is 60.6 Å². The molecule has 1 saturated heterocycles. The van der Waals surface area contributed by atoms with Crippen LogP contribution in [-0.2, 0) is 19.0 Å². The molecule has 0 radical (unpaired) electrons. The summed E-state index contributed by atoms with van der Waals surface area (Å²) < 4.78 is 3.58. The van der Waals surface area contributed by atoms with Crippen LogP contribution in [0.3, 0.4) is 0 Å². The molecule has 4 aromatic rings. The first-order chi connectivity index (χ1) is 18.4. The number of fused-ring (bicyclic) bond motifs is 1. The van der Waals surface area contributed by atoms with E-state index in [0.29, 0.717) is 28.8 Å². The lowest BCUT2D eigenvalue weighted by Gasteiger charge is -2.46. The Bertz CT molecular complexity index is 1590. The van der Waals surface area contributed by atoms with Crippen molar-refractivity contribution in [1.82, 2.24) is 29.2 Å². The van der Waals surface area contributed by atoms with Crippen LogP contribution < -0.4 is 5.56 Å². The molecule has 4 heterocycles. The fourth-order valence-electron chi connectivity index (χ4n) is 6.59. The lowest BCUT2D eigenvalue weighted by molar-refractivity contribution is 0.172. The molecular formula is C29H32ClN7O. The van der Waals surface area contributed by atoms with Crippen LogP contribution in [-0.4, -0.2) is 42.3 Å². The van der Waals surface area contributed by atoms with E-state index in [2.05, 4.69) is 45.2 Å². The number of aromatic amines is 1. The van der Waals surface area contributed by atoms with E-state index in [9.17, 15) is 10.1 Å². The number of likely N-dealkylation sites (tertiary alicyclic amines) is 1. The molecule has 2 fully saturated rings. The summed E-state index contributed by atoms with van der Waals surface area (Å²) in [6, 6.07) is 12.4. The van der Waals surface area contributed by atoms with Crippen LogP contribution in [0.5, 0.6) is 0 Å². The largest absolute Gasteiger partial charge is 0.353 e. The monoisotopic (exact) mass is 529 g/mol. The van der Waals surface area contributed by atoms with Crippen molar-refractivity contribution >= 4 is 22.5 Å². The number of aromatic nitrogens is 5. The van der Waals surface area contributed by atoms with Gasteiger partial charge < -0.3 is 9.55 Å². The maximum absolute atomic E-state index is 13.7. The van der Waals surface area contributed by atoms with Crippen molar-refractivity contribution in [1.29, 1.82) is 5.26 Å². The lowest BCUT2D eigenvalue weighted by atomic mass is 9.57. The van der Waals surface area contributed by atoms with Gasteiger partial charge in [-0.1, -0.05) is 30.7 Å². The van der Waals surface area contributed by atoms with Crippen molar-refractivity contribution in [3.8, 4) is 11.8 Å². The third-order valence-electron chi connectivity index (χ3n) is 8.41. The molecule has 3 aromatic heterocycles. The quantitative estimate of drug-likeness (QED) is 0.381. The molecule has 1 atom stereocenters. The van der Waals surface area contributed by atoms with E-state index >= 15 is 0 Å². The SMILES string of the molecule is C[C@H]1CCCN(Cc2cc3c(Cl)cn(-c4cccc(C5(c6nncn6C)CC(CC#N)C5)c4)c(=O)c3[nH]2)C1. The van der Waals surface area contributed by atoms with Crippen LogP contribution in [0.1, 0.15) is 56.1 Å². The van der Waals surface area contributed by atoms with Gasteiger partial charge in [0.05, 0.1) is 16.5 Å². The fourth-order valence-corrected chi connectivity index (χ4v) is 6.84. The minimum Gasteiger partial charge on any atom is -0.353 e. The number of hydrogen-bond donors (Lipinski definition) is 1. The summed E-state index contributed by atoms with van der Waals surface area (Å²) in [5.74, 6) is 1.89. The molecule has 196 valence electrons. The molecule has 1 aliphatic carbocycles. The van der Waals surface area contributed by atoms with Gasteiger partial charge in [-0.05, 0) is 67.8 Å². The number of nitriles is 1. The average molecular weight is 530 g/mol. The van der Waals surface area contributed by atoms with E-state index in [-0.39, 0.29) is 11.0 Å². The highest BCUT2D eigenvalue weighted by molar-refractivity contribution is 6.35. The second-order valence-corrected chi connectivity index (χ2v) is 11.7. The Morgan fingerprint density at radius 1 is 1.29 bits per heavy atom. The van der Waals surface area contributed by atoms with Gasteiger partial charge >= 0.3 is 0 Å². The number of benzene rings is 1. The van der Waals surface area contributed by atoms with E-state index in [1.54, 1.807) is 17.1 Å². The van der Waals surface area contributed by atoms with Gasteiger partial charge in [0.15, 0.2) is 0 Å². The lowest BCUT2D eigenvalue weighted by Crippen LogP contribution is -2.44. The molecule has 1 aliphatic heterocycles. The van der Waals surface area contributed by atoms with Crippen molar-refractivity contribution in [2.75, 3.05) is 13.1 Å². The second kappa shape index (κ2) is 9.72. The summed E-state index contributed by atoms with van der Waals surface area (Å²) >= 11 is 6.74. The Morgan fingerprint density at radius 2 is 2.13 bits per heavy atom. The average Bonchev–Trinajstić information content (AvgIpc) is 3.50. The molecule has 9 heteroatoms. The second-order valence-electron chi connectivity index (χ2n) is 11.3. The van der Waals surface area contributed by atoms with E-state index < -0.39 is 0 Å². The summed E-state index contributed by atoms with van der Waals surface area (Å²) in [7, 11) is 1.95. The maximum Gasteiger partial charge on any atom is 0.279 e. The van der Waals surface area contributed by atoms with Crippen molar-refractivity contribution < 1.29 is 0 Å². The zero-order valence-electron chi connectivity index (χ0n) is 21.8. The van der Waals surface area contributed by atoms with Crippen LogP contribution >= 0.6 is 11.6 Å². The smallest absolute Gasteiger partial charge is 0.279 e. The van der Waals surface area contributed by atoms with Gasteiger partial charge in [-0.15, -0.1) is 10.2 Å². The number of aryl methyl sites for hydroxylation is 1. The summed E-state index contributed by atoms with van der Waals surface area (Å²) in [6.07, 6.45) is 8.08. The number of rotatable bonds is 6. The normalized spacial score (nSPS) is 23.8. The first-order valence-corrected chi connectivity index (χ1v) is 13.7. The Labute approximate surface area is 226 Å². The van der Waals surface area contributed by atoms with Crippen LogP contribution in [0.2, 0.25) is 5.02 Å². The number of pyridine rings is 1. The van der Waals surface area contributed by atoms with Gasteiger partial charge in [0, 0.05) is 49.5 Å². The maximum atomic E-state index is 13.7. The third-order valence-corrected chi connectivity index (χ3v) is 8.71. The van der Waals surface area contributed by atoms with Crippen LogP contribution in [0.15, 0.2) is 47.7 Å². The molecule has 38 heavy (non-hydrogen) atoms. The Hall–Kier alpha value is -3.41. The van der Waals surface area contributed by atoms with Crippen molar-refractivity contribution in [2.45, 2.75) is 51.0 Å². The van der Waals surface area contributed by atoms with Gasteiger partial charge in [0.1, 0.15) is 17.7 Å². The number of H-pyrrole nitrogens is 1. The highest BCUT2D eigenvalue weighted by Crippen LogP contribution is 2.52. The van der Waals surface area contributed by atoms with E-state index in [1.807, 2.05) is 29.8 Å². The molecule has 8 nitrogen and oxygen atoms in total. The van der Waals surface area contributed by atoms with Crippen LogP contribution in [0, 0.1) is 23.2 Å². The number of nitrogens with zero attached hydrogens (tertiary/aromatic N) is 6. The summed E-state index contributed by atoms with van der Waals surface area (Å²) in [4.78, 5) is 19.5. The molecule has 0 unspecified atom stereocenters. The Morgan fingerprint density at radius 3 is 2.87 bits per heavy atom. The zero-order chi connectivity index (χ0) is 26.4. The number of nitrogens with one attached hydrogen (secondary N) is 1. The van der Waals surface area contributed by atoms with Crippen molar-refractivity contribution in [2.24, 2.45) is 18.9 Å². The number of piperidine rings is 1. The number of halogens is 1.